The highest BCUT2D eigenvalue weighted by atomic mass is 16.5. The standard InChI is InChI=1S/C36H30O/c1-23-6-5-7-29(18-23)34-17-14-30(20-26(34)4)36-25(3)9-11-28-13-16-33(22-35(28)36)37-32-15-12-27-10-8-24(2)19-31(27)21-32/h5-22H,1-4H3. The molecule has 6 aromatic carbocycles. The van der Waals surface area contributed by atoms with E-state index in [1.807, 2.05) is 6.07 Å². The van der Waals surface area contributed by atoms with E-state index in [1.54, 1.807) is 0 Å². The van der Waals surface area contributed by atoms with E-state index in [0.717, 1.165) is 11.5 Å². The second kappa shape index (κ2) is 9.26. The third kappa shape index (κ3) is 4.49. The monoisotopic (exact) mass is 478 g/mol. The first kappa shape index (κ1) is 23.1. The largest absolute Gasteiger partial charge is 0.457 e. The summed E-state index contributed by atoms with van der Waals surface area (Å²) in [4.78, 5) is 0. The van der Waals surface area contributed by atoms with Gasteiger partial charge in [-0.05, 0) is 107 Å². The number of ether oxygens (including phenoxy) is 1. The van der Waals surface area contributed by atoms with Gasteiger partial charge in [0.1, 0.15) is 11.5 Å². The molecule has 0 N–H and O–H groups in total. The Morgan fingerprint density at radius 3 is 2.00 bits per heavy atom. The Balaban J connectivity index is 1.41. The van der Waals surface area contributed by atoms with Crippen molar-refractivity contribution in [3.05, 3.63) is 131 Å². The number of hydrogen-bond donors (Lipinski definition) is 0. The van der Waals surface area contributed by atoms with Crippen molar-refractivity contribution in [2.24, 2.45) is 0 Å². The van der Waals surface area contributed by atoms with Crippen LogP contribution < -0.4 is 4.74 Å². The SMILES string of the molecule is Cc1cccc(-c2ccc(-c3c(C)ccc4ccc(Oc5ccc6ccc(C)cc6c5)cc34)cc2C)c1. The third-order valence-electron chi connectivity index (χ3n) is 7.25. The van der Waals surface area contributed by atoms with E-state index in [9.17, 15) is 0 Å². The molecule has 0 aromatic heterocycles. The van der Waals surface area contributed by atoms with E-state index < -0.39 is 0 Å². The van der Waals surface area contributed by atoms with Crippen molar-refractivity contribution in [3.63, 3.8) is 0 Å². The summed E-state index contributed by atoms with van der Waals surface area (Å²) in [7, 11) is 0. The normalized spacial score (nSPS) is 11.2. The van der Waals surface area contributed by atoms with E-state index in [4.69, 9.17) is 4.74 Å². The van der Waals surface area contributed by atoms with Gasteiger partial charge in [0.05, 0.1) is 0 Å². The van der Waals surface area contributed by atoms with E-state index in [0.29, 0.717) is 0 Å². The van der Waals surface area contributed by atoms with Crippen LogP contribution >= 0.6 is 0 Å². The van der Waals surface area contributed by atoms with Crippen LogP contribution in [0.15, 0.2) is 109 Å². The van der Waals surface area contributed by atoms with Crippen molar-refractivity contribution in [2.75, 3.05) is 0 Å². The van der Waals surface area contributed by atoms with Crippen LogP contribution in [0.2, 0.25) is 0 Å². The summed E-state index contributed by atoms with van der Waals surface area (Å²) in [6.45, 7) is 8.66. The maximum atomic E-state index is 6.38. The molecule has 0 amide bonds. The summed E-state index contributed by atoms with van der Waals surface area (Å²) in [6, 6.07) is 39.2. The zero-order chi connectivity index (χ0) is 25.5. The van der Waals surface area contributed by atoms with Crippen molar-refractivity contribution in [1.29, 1.82) is 0 Å². The lowest BCUT2D eigenvalue weighted by atomic mass is 9.90. The van der Waals surface area contributed by atoms with E-state index in [1.165, 1.54) is 66.1 Å². The lowest BCUT2D eigenvalue weighted by Gasteiger charge is -2.15. The van der Waals surface area contributed by atoms with Crippen LogP contribution in [0.5, 0.6) is 11.5 Å². The summed E-state index contributed by atoms with van der Waals surface area (Å²) < 4.78 is 6.38. The molecule has 0 bridgehead atoms. The third-order valence-corrected chi connectivity index (χ3v) is 7.25. The Kier molecular flexibility index (Phi) is 5.77. The fourth-order valence-electron chi connectivity index (χ4n) is 5.35. The highest BCUT2D eigenvalue weighted by Gasteiger charge is 2.12. The minimum Gasteiger partial charge on any atom is -0.457 e. The Morgan fingerprint density at radius 1 is 0.459 bits per heavy atom. The van der Waals surface area contributed by atoms with Crippen molar-refractivity contribution in [2.45, 2.75) is 27.7 Å². The maximum absolute atomic E-state index is 6.38. The molecule has 0 saturated carbocycles. The molecule has 0 fully saturated rings. The first-order chi connectivity index (χ1) is 17.9. The van der Waals surface area contributed by atoms with Crippen LogP contribution in [0.3, 0.4) is 0 Å². The number of rotatable bonds is 4. The first-order valence-electron chi connectivity index (χ1n) is 12.8. The summed E-state index contributed by atoms with van der Waals surface area (Å²) >= 11 is 0. The van der Waals surface area contributed by atoms with Gasteiger partial charge in [-0.2, -0.15) is 0 Å². The van der Waals surface area contributed by atoms with Crippen LogP contribution in [-0.4, -0.2) is 0 Å². The summed E-state index contributed by atoms with van der Waals surface area (Å²) in [5.74, 6) is 1.70. The summed E-state index contributed by atoms with van der Waals surface area (Å²) in [6.07, 6.45) is 0. The van der Waals surface area contributed by atoms with Gasteiger partial charge in [0.2, 0.25) is 0 Å². The maximum Gasteiger partial charge on any atom is 0.128 e. The van der Waals surface area contributed by atoms with Crippen LogP contribution in [0, 0.1) is 27.7 Å². The van der Waals surface area contributed by atoms with E-state index in [2.05, 4.69) is 131 Å². The molecule has 6 aromatic rings. The Morgan fingerprint density at radius 2 is 1.19 bits per heavy atom. The Bertz CT molecular complexity index is 1790. The average Bonchev–Trinajstić information content (AvgIpc) is 2.88. The zero-order valence-electron chi connectivity index (χ0n) is 21.8. The number of aryl methyl sites for hydroxylation is 4. The van der Waals surface area contributed by atoms with Gasteiger partial charge in [0.25, 0.3) is 0 Å². The van der Waals surface area contributed by atoms with Crippen molar-refractivity contribution < 1.29 is 4.74 Å². The lowest BCUT2D eigenvalue weighted by molar-refractivity contribution is 0.484. The van der Waals surface area contributed by atoms with Gasteiger partial charge in [-0.3, -0.25) is 0 Å². The Hall–Kier alpha value is -4.36. The topological polar surface area (TPSA) is 9.23 Å². The van der Waals surface area contributed by atoms with Crippen LogP contribution in [0.4, 0.5) is 0 Å². The second-order valence-corrected chi connectivity index (χ2v) is 10.2. The molecule has 0 unspecified atom stereocenters. The van der Waals surface area contributed by atoms with Crippen LogP contribution in [0.1, 0.15) is 22.3 Å². The molecule has 1 heteroatoms. The number of benzene rings is 6. The number of fused-ring (bicyclic) bond motifs is 2. The van der Waals surface area contributed by atoms with Gasteiger partial charge in [-0.15, -0.1) is 0 Å². The molecule has 180 valence electrons. The molecule has 0 atom stereocenters. The highest BCUT2D eigenvalue weighted by molar-refractivity contribution is 5.99. The molecular weight excluding hydrogens is 448 g/mol. The molecule has 0 heterocycles. The molecule has 0 spiro atoms. The van der Waals surface area contributed by atoms with Gasteiger partial charge >= 0.3 is 0 Å². The highest BCUT2D eigenvalue weighted by Crippen LogP contribution is 2.37. The predicted molar refractivity (Wildman–Crippen MR) is 158 cm³/mol. The molecule has 0 aliphatic rings. The lowest BCUT2D eigenvalue weighted by Crippen LogP contribution is -1.91. The molecular formula is C36H30O. The molecule has 0 aliphatic heterocycles. The minimum absolute atomic E-state index is 0.847. The van der Waals surface area contributed by atoms with Gasteiger partial charge < -0.3 is 4.74 Å². The van der Waals surface area contributed by atoms with Gasteiger partial charge in [-0.25, -0.2) is 0 Å². The van der Waals surface area contributed by atoms with Crippen molar-refractivity contribution >= 4 is 21.5 Å². The van der Waals surface area contributed by atoms with Gasteiger partial charge in [0, 0.05) is 0 Å². The molecule has 0 aliphatic carbocycles. The fraction of sp³-hybridized carbons (Fsp3) is 0.111. The van der Waals surface area contributed by atoms with Crippen molar-refractivity contribution in [3.8, 4) is 33.8 Å². The van der Waals surface area contributed by atoms with Crippen LogP contribution in [-0.2, 0) is 0 Å². The molecule has 0 radical (unpaired) electrons. The minimum atomic E-state index is 0.847. The molecule has 37 heavy (non-hydrogen) atoms. The van der Waals surface area contributed by atoms with Crippen LogP contribution in [0.25, 0.3) is 43.8 Å². The van der Waals surface area contributed by atoms with Gasteiger partial charge in [0.15, 0.2) is 0 Å². The van der Waals surface area contributed by atoms with E-state index in [-0.39, 0.29) is 0 Å². The van der Waals surface area contributed by atoms with Gasteiger partial charge in [-0.1, -0.05) is 96.1 Å². The quantitative estimate of drug-likeness (QED) is 0.245. The predicted octanol–water partition coefficient (Wildman–Crippen LogP) is 10.4. The average molecular weight is 479 g/mol. The Labute approximate surface area is 219 Å². The summed E-state index contributed by atoms with van der Waals surface area (Å²) in [5, 5.41) is 4.83. The molecule has 1 nitrogen and oxygen atoms in total. The fourth-order valence-corrected chi connectivity index (χ4v) is 5.35. The van der Waals surface area contributed by atoms with E-state index >= 15 is 0 Å². The smallest absolute Gasteiger partial charge is 0.128 e. The number of hydrogen-bond acceptors (Lipinski definition) is 1. The second-order valence-electron chi connectivity index (χ2n) is 10.2. The zero-order valence-corrected chi connectivity index (χ0v) is 21.8. The first-order valence-corrected chi connectivity index (χ1v) is 12.8. The molecule has 0 saturated heterocycles. The summed E-state index contributed by atoms with van der Waals surface area (Å²) in [5.41, 5.74) is 10.1. The molecule has 6 rings (SSSR count). The van der Waals surface area contributed by atoms with Crippen molar-refractivity contribution in [1.82, 2.24) is 0 Å².